The Hall–Kier alpha value is -0.860. The van der Waals surface area contributed by atoms with Crippen LogP contribution in [0.15, 0.2) is 29.6 Å². The molecule has 1 aliphatic carbocycles. The summed E-state index contributed by atoms with van der Waals surface area (Å²) >= 11 is 8.29. The summed E-state index contributed by atoms with van der Waals surface area (Å²) in [6, 6.07) is 8.51. The number of hydrogen-bond donors (Lipinski definition) is 0. The average molecular weight is 264 g/mol. The van der Waals surface area contributed by atoms with Crippen molar-refractivity contribution >= 4 is 22.9 Å². The van der Waals surface area contributed by atoms with Gasteiger partial charge in [-0.25, -0.2) is 4.98 Å². The van der Waals surface area contributed by atoms with Gasteiger partial charge in [-0.3, -0.25) is 0 Å². The van der Waals surface area contributed by atoms with E-state index in [1.54, 1.807) is 11.3 Å². The minimum Gasteiger partial charge on any atom is -0.247 e. The highest BCUT2D eigenvalue weighted by molar-refractivity contribution is 7.09. The molecule has 1 heterocycles. The third kappa shape index (κ3) is 2.12. The summed E-state index contributed by atoms with van der Waals surface area (Å²) in [7, 11) is 0. The first-order valence-electron chi connectivity index (χ1n) is 5.87. The van der Waals surface area contributed by atoms with E-state index in [2.05, 4.69) is 34.6 Å². The summed E-state index contributed by atoms with van der Waals surface area (Å²) in [5.74, 6) is 0.500. The van der Waals surface area contributed by atoms with Crippen LogP contribution in [0.25, 0.3) is 0 Å². The standard InChI is InChI=1S/C14H14ClNS/c1-9-8-17-13(16-9)7-11-6-10-4-2-3-5-12(10)14(11)15/h2-5,8,11,14H,6-7H2,1H3. The monoisotopic (exact) mass is 263 g/mol. The Kier molecular flexibility index (Phi) is 2.93. The third-order valence-corrected chi connectivity index (χ3v) is 4.93. The molecule has 0 saturated carbocycles. The number of aromatic nitrogens is 1. The van der Waals surface area contributed by atoms with Crippen molar-refractivity contribution in [2.75, 3.05) is 0 Å². The average Bonchev–Trinajstić information content (AvgIpc) is 2.86. The van der Waals surface area contributed by atoms with E-state index >= 15 is 0 Å². The first-order chi connectivity index (χ1) is 8.24. The molecule has 2 atom stereocenters. The minimum atomic E-state index is 0.149. The third-order valence-electron chi connectivity index (χ3n) is 3.35. The zero-order chi connectivity index (χ0) is 11.8. The van der Waals surface area contributed by atoms with E-state index in [9.17, 15) is 0 Å². The first kappa shape index (κ1) is 11.2. The Morgan fingerprint density at radius 2 is 2.24 bits per heavy atom. The number of benzene rings is 1. The fraction of sp³-hybridized carbons (Fsp3) is 0.357. The number of fused-ring (bicyclic) bond motifs is 1. The summed E-state index contributed by atoms with van der Waals surface area (Å²) in [5, 5.41) is 3.47. The van der Waals surface area contributed by atoms with Crippen LogP contribution in [0.1, 0.15) is 27.2 Å². The normalized spacial score (nSPS) is 22.7. The van der Waals surface area contributed by atoms with Crippen molar-refractivity contribution < 1.29 is 0 Å². The van der Waals surface area contributed by atoms with Crippen LogP contribution in [0.2, 0.25) is 0 Å². The fourth-order valence-corrected chi connectivity index (χ4v) is 3.78. The number of alkyl halides is 1. The van der Waals surface area contributed by atoms with Crippen molar-refractivity contribution in [1.29, 1.82) is 0 Å². The second-order valence-electron chi connectivity index (χ2n) is 4.65. The Morgan fingerprint density at radius 1 is 1.41 bits per heavy atom. The maximum Gasteiger partial charge on any atom is 0.0931 e. The molecule has 1 aromatic heterocycles. The molecule has 0 aliphatic heterocycles. The molecule has 1 aliphatic rings. The molecule has 3 rings (SSSR count). The molecule has 2 unspecified atom stereocenters. The largest absolute Gasteiger partial charge is 0.247 e. The van der Waals surface area contributed by atoms with Gasteiger partial charge in [-0.05, 0) is 30.4 Å². The van der Waals surface area contributed by atoms with Crippen molar-refractivity contribution in [2.45, 2.75) is 25.1 Å². The first-order valence-corrected chi connectivity index (χ1v) is 7.18. The van der Waals surface area contributed by atoms with Crippen LogP contribution in [-0.2, 0) is 12.8 Å². The van der Waals surface area contributed by atoms with E-state index in [0.717, 1.165) is 18.5 Å². The van der Waals surface area contributed by atoms with Crippen LogP contribution in [0.3, 0.4) is 0 Å². The lowest BCUT2D eigenvalue weighted by Crippen LogP contribution is -2.06. The van der Waals surface area contributed by atoms with Crippen molar-refractivity contribution in [2.24, 2.45) is 5.92 Å². The zero-order valence-electron chi connectivity index (χ0n) is 9.69. The van der Waals surface area contributed by atoms with Gasteiger partial charge in [0.05, 0.1) is 10.4 Å². The van der Waals surface area contributed by atoms with Gasteiger partial charge in [0.25, 0.3) is 0 Å². The number of hydrogen-bond acceptors (Lipinski definition) is 2. The van der Waals surface area contributed by atoms with E-state index in [4.69, 9.17) is 11.6 Å². The van der Waals surface area contributed by atoms with E-state index in [1.165, 1.54) is 16.1 Å². The quantitative estimate of drug-likeness (QED) is 0.742. The van der Waals surface area contributed by atoms with Gasteiger partial charge in [-0.15, -0.1) is 22.9 Å². The van der Waals surface area contributed by atoms with Crippen molar-refractivity contribution in [3.63, 3.8) is 0 Å². The van der Waals surface area contributed by atoms with Gasteiger partial charge in [-0.1, -0.05) is 24.3 Å². The predicted octanol–water partition coefficient (Wildman–Crippen LogP) is 4.15. The molecule has 0 spiro atoms. The minimum absolute atomic E-state index is 0.149. The number of aryl methyl sites for hydroxylation is 1. The van der Waals surface area contributed by atoms with Crippen molar-refractivity contribution in [1.82, 2.24) is 4.98 Å². The Morgan fingerprint density at radius 3 is 2.94 bits per heavy atom. The Bertz CT molecular complexity index is 535. The van der Waals surface area contributed by atoms with Gasteiger partial charge in [0.1, 0.15) is 0 Å². The molecule has 0 saturated heterocycles. The second kappa shape index (κ2) is 4.43. The summed E-state index contributed by atoms with van der Waals surface area (Å²) < 4.78 is 0. The molecule has 0 bridgehead atoms. The lowest BCUT2D eigenvalue weighted by molar-refractivity contribution is 0.541. The highest BCUT2D eigenvalue weighted by Crippen LogP contribution is 2.42. The molecule has 1 aromatic carbocycles. The highest BCUT2D eigenvalue weighted by atomic mass is 35.5. The molecule has 1 nitrogen and oxygen atoms in total. The molecule has 17 heavy (non-hydrogen) atoms. The van der Waals surface area contributed by atoms with Gasteiger partial charge in [0.2, 0.25) is 0 Å². The van der Waals surface area contributed by atoms with E-state index in [-0.39, 0.29) is 5.38 Å². The molecule has 0 N–H and O–H groups in total. The van der Waals surface area contributed by atoms with Gasteiger partial charge < -0.3 is 0 Å². The second-order valence-corrected chi connectivity index (χ2v) is 6.06. The Labute approximate surface area is 110 Å². The molecule has 0 radical (unpaired) electrons. The number of thiazole rings is 1. The van der Waals surface area contributed by atoms with Gasteiger partial charge in [-0.2, -0.15) is 0 Å². The lowest BCUT2D eigenvalue weighted by atomic mass is 10.0. The molecule has 3 heteroatoms. The van der Waals surface area contributed by atoms with Crippen LogP contribution in [0.5, 0.6) is 0 Å². The maximum absolute atomic E-state index is 6.54. The summed E-state index contributed by atoms with van der Waals surface area (Å²) in [4.78, 5) is 4.53. The Balaban J connectivity index is 1.80. The smallest absolute Gasteiger partial charge is 0.0931 e. The number of nitrogens with zero attached hydrogens (tertiary/aromatic N) is 1. The summed E-state index contributed by atoms with van der Waals surface area (Å²) in [5.41, 5.74) is 3.84. The van der Waals surface area contributed by atoms with Gasteiger partial charge in [0, 0.05) is 17.5 Å². The zero-order valence-corrected chi connectivity index (χ0v) is 11.3. The summed E-state index contributed by atoms with van der Waals surface area (Å²) in [6.45, 7) is 2.04. The summed E-state index contributed by atoms with van der Waals surface area (Å²) in [6.07, 6.45) is 2.09. The maximum atomic E-state index is 6.54. The van der Waals surface area contributed by atoms with Crippen LogP contribution >= 0.6 is 22.9 Å². The molecular weight excluding hydrogens is 250 g/mol. The molecule has 0 amide bonds. The molecule has 0 fully saturated rings. The SMILES string of the molecule is Cc1csc(CC2Cc3ccccc3C2Cl)n1. The van der Waals surface area contributed by atoms with E-state index < -0.39 is 0 Å². The topological polar surface area (TPSA) is 12.9 Å². The molecule has 2 aromatic rings. The predicted molar refractivity (Wildman–Crippen MR) is 72.8 cm³/mol. The van der Waals surface area contributed by atoms with Crippen LogP contribution < -0.4 is 0 Å². The van der Waals surface area contributed by atoms with Crippen molar-refractivity contribution in [3.8, 4) is 0 Å². The molecular formula is C14H14ClNS. The number of rotatable bonds is 2. The van der Waals surface area contributed by atoms with Gasteiger partial charge >= 0.3 is 0 Å². The van der Waals surface area contributed by atoms with Gasteiger partial charge in [0.15, 0.2) is 0 Å². The van der Waals surface area contributed by atoms with E-state index in [0.29, 0.717) is 5.92 Å². The van der Waals surface area contributed by atoms with Crippen LogP contribution in [0, 0.1) is 12.8 Å². The van der Waals surface area contributed by atoms with Crippen molar-refractivity contribution in [3.05, 3.63) is 51.5 Å². The van der Waals surface area contributed by atoms with E-state index in [1.807, 2.05) is 6.92 Å². The lowest BCUT2D eigenvalue weighted by Gasteiger charge is -2.12. The fourth-order valence-electron chi connectivity index (χ4n) is 2.53. The van der Waals surface area contributed by atoms with Crippen LogP contribution in [0.4, 0.5) is 0 Å². The highest BCUT2D eigenvalue weighted by Gasteiger charge is 2.31. The van der Waals surface area contributed by atoms with Crippen LogP contribution in [-0.4, -0.2) is 4.98 Å². The number of halogens is 1. The molecule has 88 valence electrons.